The van der Waals surface area contributed by atoms with Gasteiger partial charge in [0, 0.05) is 13.2 Å². The maximum atomic E-state index is 13.2. The van der Waals surface area contributed by atoms with E-state index in [4.69, 9.17) is 9.84 Å². The van der Waals surface area contributed by atoms with Crippen LogP contribution in [-0.2, 0) is 4.74 Å². The van der Waals surface area contributed by atoms with Crippen molar-refractivity contribution in [1.29, 1.82) is 0 Å². The molecule has 2 N–H and O–H groups in total. The van der Waals surface area contributed by atoms with E-state index in [0.717, 1.165) is 0 Å². The van der Waals surface area contributed by atoms with E-state index < -0.39 is 40.2 Å². The molecule has 0 spiro atoms. The van der Waals surface area contributed by atoms with Gasteiger partial charge in [-0.3, -0.25) is 4.79 Å². The molecule has 1 amide bonds. The molecule has 0 aliphatic heterocycles. The summed E-state index contributed by atoms with van der Waals surface area (Å²) in [4.78, 5) is 23.0. The van der Waals surface area contributed by atoms with Crippen molar-refractivity contribution in [1.82, 2.24) is 5.32 Å². The molecule has 0 fully saturated rings. The van der Waals surface area contributed by atoms with Gasteiger partial charge in [0.15, 0.2) is 11.6 Å². The van der Waals surface area contributed by atoms with E-state index in [2.05, 4.69) is 5.32 Å². The number of hydrogen-bond donors (Lipinski definition) is 2. The second-order valence-electron chi connectivity index (χ2n) is 4.99. The van der Waals surface area contributed by atoms with Crippen molar-refractivity contribution in [3.8, 4) is 0 Å². The minimum atomic E-state index is -1.51. The molecule has 1 rings (SSSR count). The monoisotopic (exact) mass is 301 g/mol. The number of aromatic carboxylic acids is 1. The molecule has 0 bridgehead atoms. The number of carbonyl (C=O) groups is 2. The predicted molar refractivity (Wildman–Crippen MR) is 71.4 cm³/mol. The Balaban J connectivity index is 2.97. The molecule has 5 nitrogen and oxygen atoms in total. The zero-order valence-corrected chi connectivity index (χ0v) is 12.0. The number of halogens is 2. The summed E-state index contributed by atoms with van der Waals surface area (Å²) >= 11 is 0. The third-order valence-electron chi connectivity index (χ3n) is 2.75. The first-order chi connectivity index (χ1) is 9.68. The Labute approximate surface area is 120 Å². The SMILES string of the molecule is CCOC(C)(C)CNC(=O)c1cc(F)c(F)cc1C(=O)O. The van der Waals surface area contributed by atoms with Gasteiger partial charge < -0.3 is 15.2 Å². The average Bonchev–Trinajstić information content (AvgIpc) is 2.38. The van der Waals surface area contributed by atoms with Crippen LogP contribution in [0.4, 0.5) is 8.78 Å². The highest BCUT2D eigenvalue weighted by Crippen LogP contribution is 2.16. The third-order valence-corrected chi connectivity index (χ3v) is 2.75. The van der Waals surface area contributed by atoms with E-state index in [0.29, 0.717) is 18.7 Å². The smallest absolute Gasteiger partial charge is 0.336 e. The minimum Gasteiger partial charge on any atom is -0.478 e. The number of carboxylic acid groups (broad SMARTS) is 1. The van der Waals surface area contributed by atoms with Gasteiger partial charge >= 0.3 is 5.97 Å². The minimum absolute atomic E-state index is 0.0950. The van der Waals surface area contributed by atoms with Crippen LogP contribution in [0.5, 0.6) is 0 Å². The van der Waals surface area contributed by atoms with Gasteiger partial charge in [0.2, 0.25) is 0 Å². The van der Waals surface area contributed by atoms with E-state index in [1.54, 1.807) is 20.8 Å². The highest BCUT2D eigenvalue weighted by Gasteiger charge is 2.23. The van der Waals surface area contributed by atoms with Crippen LogP contribution in [0.1, 0.15) is 41.5 Å². The molecule has 0 aliphatic rings. The van der Waals surface area contributed by atoms with Crippen LogP contribution >= 0.6 is 0 Å². The normalized spacial score (nSPS) is 11.3. The van der Waals surface area contributed by atoms with Gasteiger partial charge in [-0.05, 0) is 32.9 Å². The molecule has 0 atom stereocenters. The number of carbonyl (C=O) groups excluding carboxylic acids is 1. The van der Waals surface area contributed by atoms with Crippen molar-refractivity contribution in [2.24, 2.45) is 0 Å². The van der Waals surface area contributed by atoms with Crippen molar-refractivity contribution in [3.05, 3.63) is 34.9 Å². The predicted octanol–water partition coefficient (Wildman–Crippen LogP) is 2.21. The number of nitrogens with one attached hydrogen (secondary N) is 1. The van der Waals surface area contributed by atoms with Crippen molar-refractivity contribution < 1.29 is 28.2 Å². The van der Waals surface area contributed by atoms with Gasteiger partial charge in [0.05, 0.1) is 16.7 Å². The zero-order valence-electron chi connectivity index (χ0n) is 12.0. The lowest BCUT2D eigenvalue weighted by molar-refractivity contribution is -0.00815. The Kier molecular flexibility index (Phi) is 5.37. The largest absolute Gasteiger partial charge is 0.478 e. The Hall–Kier alpha value is -2.02. The van der Waals surface area contributed by atoms with E-state index in [-0.39, 0.29) is 6.54 Å². The summed E-state index contributed by atoms with van der Waals surface area (Å²) in [5, 5.41) is 11.4. The van der Waals surface area contributed by atoms with Gasteiger partial charge in [0.1, 0.15) is 0 Å². The van der Waals surface area contributed by atoms with Crippen LogP contribution in [0.3, 0.4) is 0 Å². The first-order valence-corrected chi connectivity index (χ1v) is 6.32. The van der Waals surface area contributed by atoms with Crippen LogP contribution in [0, 0.1) is 11.6 Å². The van der Waals surface area contributed by atoms with E-state index in [1.165, 1.54) is 0 Å². The zero-order chi connectivity index (χ0) is 16.2. The van der Waals surface area contributed by atoms with Crippen molar-refractivity contribution in [2.45, 2.75) is 26.4 Å². The molecule has 0 radical (unpaired) electrons. The maximum Gasteiger partial charge on any atom is 0.336 e. The van der Waals surface area contributed by atoms with Gasteiger partial charge in [-0.25, -0.2) is 13.6 Å². The summed E-state index contributed by atoms with van der Waals surface area (Å²) in [6, 6.07) is 1.06. The van der Waals surface area contributed by atoms with E-state index in [9.17, 15) is 18.4 Å². The van der Waals surface area contributed by atoms with Crippen LogP contribution in [0.15, 0.2) is 12.1 Å². The average molecular weight is 301 g/mol. The molecular weight excluding hydrogens is 284 g/mol. The number of benzene rings is 1. The lowest BCUT2D eigenvalue weighted by atomic mass is 10.1. The quantitative estimate of drug-likeness (QED) is 0.844. The van der Waals surface area contributed by atoms with Gasteiger partial charge in [-0.2, -0.15) is 0 Å². The van der Waals surface area contributed by atoms with Crippen molar-refractivity contribution >= 4 is 11.9 Å². The van der Waals surface area contributed by atoms with Gasteiger partial charge in [0.25, 0.3) is 5.91 Å². The molecule has 0 aromatic heterocycles. The number of amides is 1. The highest BCUT2D eigenvalue weighted by molar-refractivity contribution is 6.04. The second kappa shape index (κ2) is 6.62. The standard InChI is InChI=1S/C14H17F2NO4/c1-4-21-14(2,3)7-17-12(18)8-5-10(15)11(16)6-9(8)13(19)20/h5-6H,4,7H2,1-3H3,(H,17,18)(H,19,20). The first-order valence-electron chi connectivity index (χ1n) is 6.32. The lowest BCUT2D eigenvalue weighted by Crippen LogP contribution is -2.40. The molecule has 0 aliphatic carbocycles. The molecule has 0 saturated carbocycles. The Bertz CT molecular complexity index is 558. The fourth-order valence-corrected chi connectivity index (χ4v) is 1.74. The summed E-state index contributed by atoms with van der Waals surface area (Å²) in [7, 11) is 0. The summed E-state index contributed by atoms with van der Waals surface area (Å²) < 4.78 is 31.6. The van der Waals surface area contributed by atoms with Crippen LogP contribution in [0.25, 0.3) is 0 Å². The molecule has 0 saturated heterocycles. The number of ether oxygens (including phenoxy) is 1. The maximum absolute atomic E-state index is 13.2. The van der Waals surface area contributed by atoms with Gasteiger partial charge in [-0.1, -0.05) is 0 Å². The van der Waals surface area contributed by atoms with Crippen molar-refractivity contribution in [3.63, 3.8) is 0 Å². The molecule has 0 unspecified atom stereocenters. The highest BCUT2D eigenvalue weighted by atomic mass is 19.2. The third kappa shape index (κ3) is 4.49. The molecular formula is C14H17F2NO4. The lowest BCUT2D eigenvalue weighted by Gasteiger charge is -2.25. The van der Waals surface area contributed by atoms with E-state index >= 15 is 0 Å². The van der Waals surface area contributed by atoms with Crippen LogP contribution in [0.2, 0.25) is 0 Å². The molecule has 21 heavy (non-hydrogen) atoms. The second-order valence-corrected chi connectivity index (χ2v) is 4.99. The Morgan fingerprint density at radius 1 is 1.24 bits per heavy atom. The van der Waals surface area contributed by atoms with E-state index in [1.807, 2.05) is 0 Å². The summed E-state index contributed by atoms with van der Waals surface area (Å²) in [5.41, 5.74) is -1.69. The molecule has 116 valence electrons. The fraction of sp³-hybridized carbons (Fsp3) is 0.429. The molecule has 1 aromatic rings. The molecule has 0 heterocycles. The number of rotatable bonds is 6. The first kappa shape index (κ1) is 17.0. The molecule has 1 aromatic carbocycles. The van der Waals surface area contributed by atoms with Crippen LogP contribution in [-0.4, -0.2) is 35.7 Å². The fourth-order valence-electron chi connectivity index (χ4n) is 1.74. The Morgan fingerprint density at radius 2 is 1.76 bits per heavy atom. The number of carboxylic acids is 1. The number of hydrogen-bond acceptors (Lipinski definition) is 3. The van der Waals surface area contributed by atoms with Crippen LogP contribution < -0.4 is 5.32 Å². The van der Waals surface area contributed by atoms with Crippen molar-refractivity contribution in [2.75, 3.05) is 13.2 Å². The van der Waals surface area contributed by atoms with Gasteiger partial charge in [-0.15, -0.1) is 0 Å². The topological polar surface area (TPSA) is 75.6 Å². The summed E-state index contributed by atoms with van der Waals surface area (Å²) in [6.45, 7) is 5.80. The molecule has 7 heteroatoms. The summed E-state index contributed by atoms with van der Waals surface area (Å²) in [6.07, 6.45) is 0. The summed E-state index contributed by atoms with van der Waals surface area (Å²) in [5.74, 6) is -4.92. The Morgan fingerprint density at radius 3 is 2.24 bits per heavy atom.